The van der Waals surface area contributed by atoms with E-state index in [-0.39, 0.29) is 0 Å². The molecule has 20 heavy (non-hydrogen) atoms. The number of rotatable bonds is 4. The van der Waals surface area contributed by atoms with Crippen molar-refractivity contribution in [3.8, 4) is 5.75 Å². The first kappa shape index (κ1) is 13.9. The summed E-state index contributed by atoms with van der Waals surface area (Å²) in [4.78, 5) is 2.32. The van der Waals surface area contributed by atoms with E-state index in [1.807, 2.05) is 12.1 Å². The highest BCUT2D eigenvalue weighted by atomic mass is 127. The Labute approximate surface area is 130 Å². The molecule has 3 rings (SSSR count). The fraction of sp³-hybridized carbons (Fsp3) is 0.462. The van der Waals surface area contributed by atoms with E-state index in [0.717, 1.165) is 41.8 Å². The summed E-state index contributed by atoms with van der Waals surface area (Å²) in [5.74, 6) is 1.10. The molecule has 7 heteroatoms. The Morgan fingerprint density at radius 3 is 2.95 bits per heavy atom. The van der Waals surface area contributed by atoms with Crippen LogP contribution < -0.4 is 10.5 Å². The van der Waals surface area contributed by atoms with Gasteiger partial charge in [0.1, 0.15) is 6.61 Å². The largest absolute Gasteiger partial charge is 0.488 e. The average Bonchev–Trinajstić information content (AvgIpc) is 2.86. The molecule has 2 N–H and O–H groups in total. The number of morpholine rings is 1. The van der Waals surface area contributed by atoms with Crippen LogP contribution in [0.1, 0.15) is 0 Å². The maximum atomic E-state index is 5.82. The first-order valence-electron chi connectivity index (χ1n) is 6.52. The molecule has 0 amide bonds. The van der Waals surface area contributed by atoms with Crippen molar-refractivity contribution in [3.63, 3.8) is 0 Å². The van der Waals surface area contributed by atoms with Crippen LogP contribution in [0.15, 0.2) is 16.7 Å². The lowest BCUT2D eigenvalue weighted by molar-refractivity contribution is 0.0322. The van der Waals surface area contributed by atoms with Crippen molar-refractivity contribution in [3.05, 3.63) is 15.7 Å². The van der Waals surface area contributed by atoms with Gasteiger partial charge in [-0.25, -0.2) is 0 Å². The number of nitrogen functional groups attached to an aromatic ring is 1. The molecule has 0 saturated carbocycles. The number of benzene rings is 1. The number of halogens is 1. The summed E-state index contributed by atoms with van der Waals surface area (Å²) in [5.41, 5.74) is 6.43. The molecule has 2 aromatic rings. The quantitative estimate of drug-likeness (QED) is 0.803. The highest BCUT2D eigenvalue weighted by Crippen LogP contribution is 2.33. The smallest absolute Gasteiger partial charge is 0.211 e. The second-order valence-electron chi connectivity index (χ2n) is 4.62. The molecule has 0 spiro atoms. The highest BCUT2D eigenvalue weighted by molar-refractivity contribution is 14.1. The number of nitrogens with two attached hydrogens (primary N) is 1. The van der Waals surface area contributed by atoms with Gasteiger partial charge >= 0.3 is 0 Å². The van der Waals surface area contributed by atoms with Gasteiger partial charge in [0, 0.05) is 23.2 Å². The lowest BCUT2D eigenvalue weighted by Gasteiger charge is -2.26. The van der Waals surface area contributed by atoms with Gasteiger partial charge in [0.25, 0.3) is 0 Å². The molecular formula is C13H16IN3O3. The molecule has 0 atom stereocenters. The molecule has 1 saturated heterocycles. The van der Waals surface area contributed by atoms with E-state index >= 15 is 0 Å². The van der Waals surface area contributed by atoms with Gasteiger partial charge in [0.15, 0.2) is 11.6 Å². The van der Waals surface area contributed by atoms with E-state index < -0.39 is 0 Å². The molecule has 1 aromatic carbocycles. The van der Waals surface area contributed by atoms with Crippen molar-refractivity contribution in [2.45, 2.75) is 0 Å². The van der Waals surface area contributed by atoms with E-state index in [1.54, 1.807) is 0 Å². The van der Waals surface area contributed by atoms with Gasteiger partial charge in [-0.05, 0) is 34.7 Å². The number of ether oxygens (including phenoxy) is 2. The van der Waals surface area contributed by atoms with E-state index in [9.17, 15) is 0 Å². The van der Waals surface area contributed by atoms with Crippen LogP contribution in [0.3, 0.4) is 0 Å². The normalized spacial score (nSPS) is 16.6. The molecule has 2 heterocycles. The third-order valence-electron chi connectivity index (χ3n) is 3.33. The van der Waals surface area contributed by atoms with Crippen LogP contribution in [-0.2, 0) is 4.74 Å². The van der Waals surface area contributed by atoms with Gasteiger partial charge in [-0.3, -0.25) is 4.90 Å². The fourth-order valence-electron chi connectivity index (χ4n) is 2.23. The zero-order valence-electron chi connectivity index (χ0n) is 11.0. The third-order valence-corrected chi connectivity index (χ3v) is 4.23. The van der Waals surface area contributed by atoms with Gasteiger partial charge in [-0.2, -0.15) is 0 Å². The SMILES string of the molecule is Nc1noc2c(OCCN3CCOCC3)ccc(I)c12. The Bertz CT molecular complexity index is 596. The van der Waals surface area contributed by atoms with Crippen LogP contribution in [-0.4, -0.2) is 49.5 Å². The molecule has 108 valence electrons. The van der Waals surface area contributed by atoms with Gasteiger partial charge in [-0.1, -0.05) is 5.16 Å². The van der Waals surface area contributed by atoms with E-state index in [0.29, 0.717) is 23.8 Å². The average molecular weight is 389 g/mol. The summed E-state index contributed by atoms with van der Waals surface area (Å²) in [7, 11) is 0. The van der Waals surface area contributed by atoms with Gasteiger partial charge in [0.05, 0.1) is 18.6 Å². The van der Waals surface area contributed by atoms with Crippen LogP contribution in [0, 0.1) is 3.57 Å². The molecule has 0 unspecified atom stereocenters. The third kappa shape index (κ3) is 2.84. The van der Waals surface area contributed by atoms with Crippen molar-refractivity contribution >= 4 is 39.4 Å². The summed E-state index contributed by atoms with van der Waals surface area (Å²) in [6, 6.07) is 3.86. The Morgan fingerprint density at radius 2 is 2.15 bits per heavy atom. The minimum absolute atomic E-state index is 0.406. The van der Waals surface area contributed by atoms with E-state index in [4.69, 9.17) is 19.7 Å². The summed E-state index contributed by atoms with van der Waals surface area (Å²) in [6.45, 7) is 5.00. The highest BCUT2D eigenvalue weighted by Gasteiger charge is 2.15. The van der Waals surface area contributed by atoms with E-state index in [2.05, 4.69) is 32.6 Å². The van der Waals surface area contributed by atoms with Gasteiger partial charge in [0.2, 0.25) is 5.58 Å². The van der Waals surface area contributed by atoms with Crippen LogP contribution in [0.2, 0.25) is 0 Å². The number of fused-ring (bicyclic) bond motifs is 1. The van der Waals surface area contributed by atoms with Crippen molar-refractivity contribution in [1.29, 1.82) is 0 Å². The van der Waals surface area contributed by atoms with Crippen molar-refractivity contribution in [2.75, 3.05) is 45.2 Å². The summed E-state index contributed by atoms with van der Waals surface area (Å²) >= 11 is 2.21. The molecule has 0 radical (unpaired) electrons. The molecule has 0 aliphatic carbocycles. The molecular weight excluding hydrogens is 373 g/mol. The number of hydrogen-bond acceptors (Lipinski definition) is 6. The zero-order chi connectivity index (χ0) is 13.9. The molecule has 1 aliphatic rings. The lowest BCUT2D eigenvalue weighted by Crippen LogP contribution is -2.38. The Morgan fingerprint density at radius 1 is 1.35 bits per heavy atom. The molecule has 0 bridgehead atoms. The first-order valence-corrected chi connectivity index (χ1v) is 7.60. The monoisotopic (exact) mass is 389 g/mol. The Kier molecular flexibility index (Phi) is 4.27. The predicted molar refractivity (Wildman–Crippen MR) is 83.9 cm³/mol. The number of nitrogens with zero attached hydrogens (tertiary/aromatic N) is 2. The Hall–Kier alpha value is -1.06. The standard InChI is InChI=1S/C13H16IN3O3/c14-9-1-2-10(12-11(9)13(15)16-20-12)19-8-5-17-3-6-18-7-4-17/h1-2H,3-8H2,(H2,15,16). The minimum atomic E-state index is 0.406. The van der Waals surface area contributed by atoms with Gasteiger partial charge in [-0.15, -0.1) is 0 Å². The van der Waals surface area contributed by atoms with Crippen molar-refractivity contribution < 1.29 is 14.0 Å². The van der Waals surface area contributed by atoms with Crippen LogP contribution >= 0.6 is 22.6 Å². The van der Waals surface area contributed by atoms with Gasteiger partial charge < -0.3 is 19.7 Å². The van der Waals surface area contributed by atoms with Crippen LogP contribution in [0.5, 0.6) is 5.75 Å². The predicted octanol–water partition coefficient (Wildman–Crippen LogP) is 1.73. The molecule has 1 aromatic heterocycles. The number of anilines is 1. The van der Waals surface area contributed by atoms with Crippen molar-refractivity contribution in [1.82, 2.24) is 10.1 Å². The van der Waals surface area contributed by atoms with Crippen LogP contribution in [0.25, 0.3) is 11.0 Å². The Balaban J connectivity index is 1.67. The summed E-state index contributed by atoms with van der Waals surface area (Å²) in [6.07, 6.45) is 0. The maximum Gasteiger partial charge on any atom is 0.211 e. The number of aromatic nitrogens is 1. The van der Waals surface area contributed by atoms with Crippen molar-refractivity contribution in [2.24, 2.45) is 0 Å². The maximum absolute atomic E-state index is 5.82. The summed E-state index contributed by atoms with van der Waals surface area (Å²) in [5, 5.41) is 4.63. The van der Waals surface area contributed by atoms with Crippen LogP contribution in [0.4, 0.5) is 5.82 Å². The number of hydrogen-bond donors (Lipinski definition) is 1. The van der Waals surface area contributed by atoms with E-state index in [1.165, 1.54) is 0 Å². The summed E-state index contributed by atoms with van der Waals surface area (Å²) < 4.78 is 17.4. The topological polar surface area (TPSA) is 73.8 Å². The molecule has 1 aliphatic heterocycles. The first-order chi connectivity index (χ1) is 9.75. The second-order valence-corrected chi connectivity index (χ2v) is 5.78. The second kappa shape index (κ2) is 6.15. The zero-order valence-corrected chi connectivity index (χ0v) is 13.1. The lowest BCUT2D eigenvalue weighted by atomic mass is 10.2. The molecule has 1 fully saturated rings. The molecule has 6 nitrogen and oxygen atoms in total. The minimum Gasteiger partial charge on any atom is -0.488 e. The fourth-order valence-corrected chi connectivity index (χ4v) is 2.93.